The van der Waals surface area contributed by atoms with Crippen molar-refractivity contribution in [1.82, 2.24) is 57.7 Å². The molecular weight excluding hydrogens is 1300 g/mol. The second kappa shape index (κ2) is 45.0. The number of hydrogen-bond donors (Lipinski definition) is 18. The Labute approximate surface area is 584 Å². The van der Waals surface area contributed by atoms with E-state index in [4.69, 9.17) is 34.4 Å². The molecule has 1 aromatic carbocycles. The van der Waals surface area contributed by atoms with Crippen LogP contribution in [0.25, 0.3) is 0 Å². The number of guanidine groups is 1. The van der Waals surface area contributed by atoms with Crippen LogP contribution >= 0.6 is 11.8 Å². The molecule has 2 aliphatic rings. The van der Waals surface area contributed by atoms with Gasteiger partial charge in [-0.15, -0.1) is 0 Å². The number of thioether (sulfide) groups is 1. The van der Waals surface area contributed by atoms with Crippen molar-refractivity contribution in [2.75, 3.05) is 57.9 Å². The molecular formula is C65H112N18O15S. The van der Waals surface area contributed by atoms with Gasteiger partial charge >= 0.3 is 5.97 Å². The van der Waals surface area contributed by atoms with E-state index in [1.807, 2.05) is 13.8 Å². The minimum atomic E-state index is -1.67. The average Bonchev–Trinajstić information content (AvgIpc) is 1.73. The largest absolute Gasteiger partial charge is 0.508 e. The van der Waals surface area contributed by atoms with Crippen LogP contribution in [-0.2, 0) is 64.0 Å². The summed E-state index contributed by atoms with van der Waals surface area (Å²) >= 11 is 1.39. The van der Waals surface area contributed by atoms with Crippen molar-refractivity contribution in [1.29, 1.82) is 0 Å². The molecule has 11 amide bonds. The number of aliphatic carboxylic acids is 1. The highest BCUT2D eigenvalue weighted by Crippen LogP contribution is 2.24. The monoisotopic (exact) mass is 1420 g/mol. The number of rotatable bonds is 46. The second-order valence-corrected chi connectivity index (χ2v) is 27.0. The van der Waals surface area contributed by atoms with Gasteiger partial charge in [0.25, 0.3) is 0 Å². The highest BCUT2D eigenvalue weighted by Gasteiger charge is 2.43. The summed E-state index contributed by atoms with van der Waals surface area (Å²) in [6.45, 7) is 8.42. The number of nitrogens with one attached hydrogen (secondary N) is 9. The van der Waals surface area contributed by atoms with E-state index in [0.717, 1.165) is 0 Å². The normalized spacial score (nSPS) is 17.4. The lowest BCUT2D eigenvalue weighted by atomic mass is 10.0. The van der Waals surface area contributed by atoms with Crippen LogP contribution in [0.15, 0.2) is 29.3 Å². The van der Waals surface area contributed by atoms with Gasteiger partial charge < -0.3 is 107 Å². The molecule has 0 spiro atoms. The number of phenolic OH excluding ortho intramolecular Hbond substituents is 1. The summed E-state index contributed by atoms with van der Waals surface area (Å²) in [7, 11) is 0. The summed E-state index contributed by atoms with van der Waals surface area (Å²) in [6, 6.07) is -8.82. The highest BCUT2D eigenvalue weighted by atomic mass is 32.2. The van der Waals surface area contributed by atoms with Crippen molar-refractivity contribution in [3.8, 4) is 5.75 Å². The molecule has 0 radical (unpaired) electrons. The van der Waals surface area contributed by atoms with Crippen LogP contribution in [0.1, 0.15) is 149 Å². The molecule has 0 aliphatic carbocycles. The second-order valence-electron chi connectivity index (χ2n) is 26.0. The number of benzene rings is 1. The fourth-order valence-corrected chi connectivity index (χ4v) is 12.0. The average molecular weight is 1420 g/mol. The number of nitrogens with zero attached hydrogens (tertiary/aromatic N) is 3. The molecule has 24 N–H and O–H groups in total. The number of carbonyl (C=O) groups excluding carboxylic acids is 11. The van der Waals surface area contributed by atoms with E-state index >= 15 is 0 Å². The minimum Gasteiger partial charge on any atom is -0.508 e. The molecule has 2 aliphatic heterocycles. The Morgan fingerprint density at radius 1 is 0.545 bits per heavy atom. The third-order valence-corrected chi connectivity index (χ3v) is 17.7. The number of carboxylic acid groups (broad SMARTS) is 1. The topological polar surface area (TPSA) is 549 Å². The standard InChI is InChI=1S/C65H112N18O15S/c1-37(2)34-48(79-56(89)43(16-7-10-27-66)75-58(91)46(26-33-99-6)76-55(88)45(19-13-30-72-65(70)71)74-54(87)42(69)35-40-22-24-41(85)25-23-40)63(96)83-32-14-20-50(83)60(93)77-44(17-8-11-28-67)57(90)80-49(36-84)59(92)73-39(5)53(86)78-47(18-9-12-29-68)62(95)82-31-15-21-51(82)61(94)81-52(38(3)4)64(97)98/h22-25,37-39,42-52,84-85H,7-21,26-36,66-69H2,1-6H3,(H,73,92)(H,74,87)(H,75,91)(H,76,88)(H,77,93)(H,78,86)(H,79,89)(H,80,90)(H,81,94)(H,97,98)(H4,70,71,72)/t39-,42-,43-,44-,45-,46-,47-,48-,49-,50-,51-,52-/m0/s1. The third-order valence-electron chi connectivity index (χ3n) is 17.1. The number of carbonyl (C=O) groups is 12. The van der Waals surface area contributed by atoms with Crippen molar-refractivity contribution in [2.45, 2.75) is 223 Å². The zero-order chi connectivity index (χ0) is 73.9. The number of unbranched alkanes of at least 4 members (excludes halogenated alkanes) is 3. The quantitative estimate of drug-likeness (QED) is 0.0172. The Bertz CT molecular complexity index is 2840. The maximum Gasteiger partial charge on any atom is 0.326 e. The number of hydrogen-bond acceptors (Lipinski definition) is 20. The molecule has 99 heavy (non-hydrogen) atoms. The lowest BCUT2D eigenvalue weighted by Gasteiger charge is -2.32. The predicted molar refractivity (Wildman–Crippen MR) is 373 cm³/mol. The fraction of sp³-hybridized carbons (Fsp3) is 0.708. The summed E-state index contributed by atoms with van der Waals surface area (Å²) in [5, 5.41) is 53.8. The molecule has 2 fully saturated rings. The van der Waals surface area contributed by atoms with Gasteiger partial charge in [-0.05, 0) is 184 Å². The number of nitrogens with two attached hydrogens (primary N) is 6. The lowest BCUT2D eigenvalue weighted by Crippen LogP contribution is -2.61. The van der Waals surface area contributed by atoms with Gasteiger partial charge in [-0.2, -0.15) is 11.8 Å². The maximum absolute atomic E-state index is 14.8. The molecule has 3 rings (SSSR count). The molecule has 12 atom stereocenters. The van der Waals surface area contributed by atoms with E-state index in [1.54, 1.807) is 32.2 Å². The molecule has 34 heteroatoms. The molecule has 2 heterocycles. The number of carboxylic acids is 1. The van der Waals surface area contributed by atoms with Gasteiger partial charge in [-0.3, -0.25) is 57.7 Å². The summed E-state index contributed by atoms with van der Waals surface area (Å²) in [5.74, 6) is -9.82. The molecule has 33 nitrogen and oxygen atoms in total. The van der Waals surface area contributed by atoms with Gasteiger partial charge in [0, 0.05) is 19.6 Å². The first-order valence-electron chi connectivity index (χ1n) is 34.4. The zero-order valence-electron chi connectivity index (χ0n) is 58.2. The number of aliphatic imine (C=N–C) groups is 1. The summed E-state index contributed by atoms with van der Waals surface area (Å²) < 4.78 is 0. The Morgan fingerprint density at radius 2 is 0.970 bits per heavy atom. The van der Waals surface area contributed by atoms with Gasteiger partial charge in [0.1, 0.15) is 72.2 Å². The number of aliphatic hydroxyl groups is 1. The fourth-order valence-electron chi connectivity index (χ4n) is 11.5. The number of aromatic hydroxyl groups is 1. The molecule has 0 aromatic heterocycles. The van der Waals surface area contributed by atoms with Crippen LogP contribution in [-0.4, -0.2) is 232 Å². The van der Waals surface area contributed by atoms with Crippen molar-refractivity contribution < 1.29 is 72.9 Å². The van der Waals surface area contributed by atoms with Gasteiger partial charge in [0.2, 0.25) is 65.0 Å². The summed E-state index contributed by atoms with van der Waals surface area (Å²) in [4.78, 5) is 174. The molecule has 0 unspecified atom stereocenters. The predicted octanol–water partition coefficient (Wildman–Crippen LogP) is -3.40. The first-order chi connectivity index (χ1) is 47.0. The summed E-state index contributed by atoms with van der Waals surface area (Å²) in [6.07, 6.45) is 6.19. The Balaban J connectivity index is 1.81. The summed E-state index contributed by atoms with van der Waals surface area (Å²) in [5.41, 5.74) is 35.3. The van der Waals surface area contributed by atoms with Gasteiger partial charge in [-0.1, -0.05) is 39.8 Å². The third kappa shape index (κ3) is 29.4. The van der Waals surface area contributed by atoms with Crippen molar-refractivity contribution in [2.24, 2.45) is 51.2 Å². The van der Waals surface area contributed by atoms with Crippen LogP contribution < -0.4 is 82.3 Å². The van der Waals surface area contributed by atoms with Crippen LogP contribution in [0.4, 0.5) is 0 Å². The number of phenols is 1. The number of aliphatic hydroxyl groups excluding tert-OH is 1. The van der Waals surface area contributed by atoms with E-state index in [0.29, 0.717) is 62.7 Å². The van der Waals surface area contributed by atoms with Crippen molar-refractivity contribution in [3.05, 3.63) is 29.8 Å². The van der Waals surface area contributed by atoms with Crippen LogP contribution in [0.5, 0.6) is 5.75 Å². The molecule has 1 aromatic rings. The zero-order valence-corrected chi connectivity index (χ0v) is 59.0. The maximum atomic E-state index is 14.8. The van der Waals surface area contributed by atoms with Gasteiger partial charge in [0.15, 0.2) is 5.96 Å². The molecule has 2 saturated heterocycles. The Morgan fingerprint density at radius 3 is 1.43 bits per heavy atom. The van der Waals surface area contributed by atoms with Crippen molar-refractivity contribution in [3.63, 3.8) is 0 Å². The van der Waals surface area contributed by atoms with E-state index in [-0.39, 0.29) is 121 Å². The van der Waals surface area contributed by atoms with Gasteiger partial charge in [0.05, 0.1) is 12.6 Å². The Hall–Kier alpha value is -7.92. The first kappa shape index (κ1) is 85.3. The smallest absolute Gasteiger partial charge is 0.326 e. The molecule has 0 saturated carbocycles. The van der Waals surface area contributed by atoms with Gasteiger partial charge in [-0.25, -0.2) is 4.79 Å². The first-order valence-corrected chi connectivity index (χ1v) is 35.8. The lowest BCUT2D eigenvalue weighted by molar-refractivity contribution is -0.146. The van der Waals surface area contributed by atoms with Crippen molar-refractivity contribution >= 4 is 88.7 Å². The van der Waals surface area contributed by atoms with E-state index in [9.17, 15) is 72.9 Å². The van der Waals surface area contributed by atoms with Crippen LogP contribution in [0.2, 0.25) is 0 Å². The Kier molecular flexibility index (Phi) is 38.7. The van der Waals surface area contributed by atoms with E-state index in [1.165, 1.54) is 40.6 Å². The SMILES string of the molecule is CSCC[C@H](NC(=O)[C@H](CCCN=C(N)N)NC(=O)[C@@H](N)Cc1ccc(O)cc1)C(=O)N[C@@H](CCCCN)C(=O)N[C@@H](CC(C)C)C(=O)N1CCC[C@H]1C(=O)N[C@@H](CCCCN)C(=O)N[C@@H](CO)C(=O)N[C@@H](C)C(=O)N[C@@H](CCCCN)C(=O)N1CCC[C@H]1C(=O)N[C@H](C(=O)O)C(C)C. The molecule has 558 valence electrons. The molecule has 0 bridgehead atoms. The number of amides is 11. The number of likely N-dealkylation sites (tertiary alicyclic amines) is 2. The van der Waals surface area contributed by atoms with E-state index in [2.05, 4.69) is 52.8 Å². The highest BCUT2D eigenvalue weighted by molar-refractivity contribution is 7.98. The van der Waals surface area contributed by atoms with E-state index < -0.39 is 156 Å². The van der Waals surface area contributed by atoms with Crippen LogP contribution in [0.3, 0.4) is 0 Å². The van der Waals surface area contributed by atoms with Crippen LogP contribution in [0, 0.1) is 11.8 Å². The minimum absolute atomic E-state index is 0.00563.